The minimum Gasteiger partial charge on any atom is -0.385 e. The summed E-state index contributed by atoms with van der Waals surface area (Å²) in [4.78, 5) is 12.4. The predicted molar refractivity (Wildman–Crippen MR) is 74.5 cm³/mol. The van der Waals surface area contributed by atoms with E-state index < -0.39 is 4.92 Å². The standard InChI is InChI=1S/C12H18ClN3O2/c1-9-7-12(16(17)18)10(13)8-11(9)14-5-4-6-15(2)3/h7-8,14H,4-6H2,1-3H3. The summed E-state index contributed by atoms with van der Waals surface area (Å²) < 4.78 is 0. The molecule has 0 aliphatic carbocycles. The molecule has 0 saturated carbocycles. The summed E-state index contributed by atoms with van der Waals surface area (Å²) in [6, 6.07) is 3.11. The number of nitro groups is 1. The van der Waals surface area contributed by atoms with Gasteiger partial charge in [-0.3, -0.25) is 10.1 Å². The number of halogens is 1. The maximum absolute atomic E-state index is 10.7. The fourth-order valence-electron chi connectivity index (χ4n) is 1.61. The largest absolute Gasteiger partial charge is 0.385 e. The monoisotopic (exact) mass is 271 g/mol. The molecule has 5 nitrogen and oxygen atoms in total. The Hall–Kier alpha value is -1.33. The van der Waals surface area contributed by atoms with Crippen LogP contribution in [0.25, 0.3) is 0 Å². The van der Waals surface area contributed by atoms with Gasteiger partial charge in [-0.2, -0.15) is 0 Å². The highest BCUT2D eigenvalue weighted by molar-refractivity contribution is 6.33. The van der Waals surface area contributed by atoms with Crippen molar-refractivity contribution in [1.29, 1.82) is 0 Å². The van der Waals surface area contributed by atoms with E-state index in [4.69, 9.17) is 11.6 Å². The Kier molecular flexibility index (Phi) is 5.37. The Balaban J connectivity index is 2.67. The van der Waals surface area contributed by atoms with E-state index in [9.17, 15) is 10.1 Å². The van der Waals surface area contributed by atoms with Gasteiger partial charge in [-0.1, -0.05) is 11.6 Å². The summed E-state index contributed by atoms with van der Waals surface area (Å²) in [7, 11) is 4.04. The Morgan fingerprint density at radius 1 is 1.44 bits per heavy atom. The fraction of sp³-hybridized carbons (Fsp3) is 0.500. The van der Waals surface area contributed by atoms with Crippen molar-refractivity contribution in [2.24, 2.45) is 0 Å². The molecule has 1 N–H and O–H groups in total. The highest BCUT2D eigenvalue weighted by Crippen LogP contribution is 2.30. The number of hydrogen-bond donors (Lipinski definition) is 1. The minimum atomic E-state index is -0.467. The molecule has 1 aromatic rings. The molecular weight excluding hydrogens is 254 g/mol. The van der Waals surface area contributed by atoms with Crippen molar-refractivity contribution >= 4 is 23.0 Å². The molecule has 6 heteroatoms. The molecule has 1 rings (SSSR count). The quantitative estimate of drug-likeness (QED) is 0.491. The molecule has 18 heavy (non-hydrogen) atoms. The van der Waals surface area contributed by atoms with Crippen LogP contribution in [0.15, 0.2) is 12.1 Å². The fourth-order valence-corrected chi connectivity index (χ4v) is 1.85. The van der Waals surface area contributed by atoms with Crippen LogP contribution in [0.2, 0.25) is 5.02 Å². The smallest absolute Gasteiger partial charge is 0.288 e. The zero-order chi connectivity index (χ0) is 13.7. The number of rotatable bonds is 6. The average molecular weight is 272 g/mol. The lowest BCUT2D eigenvalue weighted by Gasteiger charge is -2.12. The van der Waals surface area contributed by atoms with E-state index in [1.807, 2.05) is 21.0 Å². The lowest BCUT2D eigenvalue weighted by molar-refractivity contribution is -0.384. The zero-order valence-corrected chi connectivity index (χ0v) is 11.6. The van der Waals surface area contributed by atoms with Crippen LogP contribution in [-0.2, 0) is 0 Å². The molecule has 0 radical (unpaired) electrons. The molecule has 0 aliphatic heterocycles. The van der Waals surface area contributed by atoms with Crippen LogP contribution in [0.1, 0.15) is 12.0 Å². The van der Waals surface area contributed by atoms with Gasteiger partial charge in [0, 0.05) is 18.3 Å². The summed E-state index contributed by atoms with van der Waals surface area (Å²) in [6.07, 6.45) is 1.00. The van der Waals surface area contributed by atoms with Gasteiger partial charge in [0.15, 0.2) is 0 Å². The van der Waals surface area contributed by atoms with Crippen molar-refractivity contribution in [2.45, 2.75) is 13.3 Å². The van der Waals surface area contributed by atoms with Crippen LogP contribution < -0.4 is 5.32 Å². The molecule has 0 heterocycles. The Bertz CT molecular complexity index is 436. The van der Waals surface area contributed by atoms with Crippen molar-refractivity contribution < 1.29 is 4.92 Å². The van der Waals surface area contributed by atoms with E-state index in [0.29, 0.717) is 0 Å². The molecule has 0 atom stereocenters. The van der Waals surface area contributed by atoms with E-state index >= 15 is 0 Å². The second-order valence-electron chi connectivity index (χ2n) is 4.46. The SMILES string of the molecule is Cc1cc([N+](=O)[O-])c(Cl)cc1NCCCN(C)C. The van der Waals surface area contributed by atoms with Gasteiger partial charge >= 0.3 is 0 Å². The van der Waals surface area contributed by atoms with Crippen LogP contribution in [0.5, 0.6) is 0 Å². The van der Waals surface area contributed by atoms with Crippen molar-refractivity contribution in [3.8, 4) is 0 Å². The van der Waals surface area contributed by atoms with Gasteiger partial charge in [0.1, 0.15) is 5.02 Å². The third-order valence-electron chi connectivity index (χ3n) is 2.59. The lowest BCUT2D eigenvalue weighted by atomic mass is 10.1. The first-order valence-corrected chi connectivity index (χ1v) is 6.12. The van der Waals surface area contributed by atoms with Crippen molar-refractivity contribution in [3.63, 3.8) is 0 Å². The normalized spacial score (nSPS) is 10.7. The first kappa shape index (κ1) is 14.7. The summed E-state index contributed by atoms with van der Waals surface area (Å²) in [5.74, 6) is 0. The van der Waals surface area contributed by atoms with Crippen LogP contribution in [0.4, 0.5) is 11.4 Å². The molecule has 0 unspecified atom stereocenters. The minimum absolute atomic E-state index is 0.0481. The number of nitrogens with zero attached hydrogens (tertiary/aromatic N) is 2. The van der Waals surface area contributed by atoms with Gasteiger partial charge in [-0.25, -0.2) is 0 Å². The second kappa shape index (κ2) is 6.56. The number of nitro benzene ring substituents is 1. The molecule has 0 spiro atoms. The summed E-state index contributed by atoms with van der Waals surface area (Å²) >= 11 is 5.87. The molecule has 0 aromatic heterocycles. The average Bonchev–Trinajstić information content (AvgIpc) is 2.27. The highest BCUT2D eigenvalue weighted by Gasteiger charge is 2.14. The number of aryl methyl sites for hydroxylation is 1. The highest BCUT2D eigenvalue weighted by atomic mass is 35.5. The second-order valence-corrected chi connectivity index (χ2v) is 4.87. The molecule has 1 aromatic carbocycles. The molecule has 0 saturated heterocycles. The Morgan fingerprint density at radius 2 is 2.11 bits per heavy atom. The third-order valence-corrected chi connectivity index (χ3v) is 2.89. The first-order chi connectivity index (χ1) is 8.41. The van der Waals surface area contributed by atoms with E-state index in [1.54, 1.807) is 6.07 Å². The van der Waals surface area contributed by atoms with E-state index in [2.05, 4.69) is 10.2 Å². The van der Waals surface area contributed by atoms with Gasteiger partial charge in [0.05, 0.1) is 4.92 Å². The lowest BCUT2D eigenvalue weighted by Crippen LogP contribution is -2.16. The summed E-state index contributed by atoms with van der Waals surface area (Å²) in [5, 5.41) is 14.1. The topological polar surface area (TPSA) is 58.4 Å². The van der Waals surface area contributed by atoms with E-state index in [-0.39, 0.29) is 10.7 Å². The van der Waals surface area contributed by atoms with Gasteiger partial charge in [-0.05, 0) is 45.6 Å². The molecule has 0 fully saturated rings. The maximum Gasteiger partial charge on any atom is 0.288 e. The van der Waals surface area contributed by atoms with Crippen molar-refractivity contribution in [3.05, 3.63) is 32.8 Å². The third kappa shape index (κ3) is 4.16. The summed E-state index contributed by atoms with van der Waals surface area (Å²) in [5.41, 5.74) is 1.63. The Labute approximate surface area is 112 Å². The predicted octanol–water partition coefficient (Wildman–Crippen LogP) is 2.92. The van der Waals surface area contributed by atoms with Gasteiger partial charge in [-0.15, -0.1) is 0 Å². The molecule has 0 amide bonds. The molecule has 100 valence electrons. The number of nitrogens with one attached hydrogen (secondary N) is 1. The van der Waals surface area contributed by atoms with Crippen LogP contribution in [0, 0.1) is 17.0 Å². The van der Waals surface area contributed by atoms with Crippen molar-refractivity contribution in [2.75, 3.05) is 32.5 Å². The molecule has 0 aliphatic rings. The maximum atomic E-state index is 10.7. The number of benzene rings is 1. The Morgan fingerprint density at radius 3 is 2.67 bits per heavy atom. The first-order valence-electron chi connectivity index (χ1n) is 5.75. The number of hydrogen-bond acceptors (Lipinski definition) is 4. The van der Waals surface area contributed by atoms with Gasteiger partial charge < -0.3 is 10.2 Å². The van der Waals surface area contributed by atoms with E-state index in [1.165, 1.54) is 6.07 Å². The summed E-state index contributed by atoms with van der Waals surface area (Å²) in [6.45, 7) is 3.64. The van der Waals surface area contributed by atoms with E-state index in [0.717, 1.165) is 30.8 Å². The van der Waals surface area contributed by atoms with Crippen LogP contribution in [-0.4, -0.2) is 37.0 Å². The van der Waals surface area contributed by atoms with Crippen molar-refractivity contribution in [1.82, 2.24) is 4.90 Å². The zero-order valence-electron chi connectivity index (χ0n) is 10.9. The molecular formula is C12H18ClN3O2. The van der Waals surface area contributed by atoms with Crippen LogP contribution in [0.3, 0.4) is 0 Å². The van der Waals surface area contributed by atoms with Gasteiger partial charge in [0.25, 0.3) is 5.69 Å². The van der Waals surface area contributed by atoms with Gasteiger partial charge in [0.2, 0.25) is 0 Å². The molecule has 0 bridgehead atoms. The van der Waals surface area contributed by atoms with Crippen LogP contribution >= 0.6 is 11.6 Å². The number of anilines is 1.